The summed E-state index contributed by atoms with van der Waals surface area (Å²) in [6.07, 6.45) is 35.6. The first kappa shape index (κ1) is 39.8. The molecular formula is C34H66O5. The largest absolute Gasteiger partial charge is 0.481 e. The highest BCUT2D eigenvalue weighted by atomic mass is 16.4. The van der Waals surface area contributed by atoms with E-state index in [9.17, 15) is 9.59 Å². The van der Waals surface area contributed by atoms with Gasteiger partial charge in [-0.2, -0.15) is 0 Å². The van der Waals surface area contributed by atoms with Gasteiger partial charge in [0.1, 0.15) is 0 Å². The molecule has 0 spiro atoms. The summed E-state index contributed by atoms with van der Waals surface area (Å²) in [4.78, 5) is 20.7. The number of aliphatic carboxylic acids is 2. The number of carbonyl (C=O) groups is 2. The molecule has 0 aliphatic rings. The minimum atomic E-state index is -1.16. The van der Waals surface area contributed by atoms with E-state index in [1.165, 1.54) is 135 Å². The minimum Gasteiger partial charge on any atom is -0.481 e. The van der Waals surface area contributed by atoms with Gasteiger partial charge in [0.15, 0.2) is 6.10 Å². The van der Waals surface area contributed by atoms with Crippen LogP contribution in [0.1, 0.15) is 187 Å². The molecule has 0 amide bonds. The lowest BCUT2D eigenvalue weighted by Gasteiger charge is -2.05. The summed E-state index contributed by atoms with van der Waals surface area (Å²) in [6.45, 7) is 4.50. The summed E-state index contributed by atoms with van der Waals surface area (Å²) >= 11 is 0. The van der Waals surface area contributed by atoms with Crippen LogP contribution in [-0.4, -0.2) is 33.4 Å². The zero-order chi connectivity index (χ0) is 29.2. The second-order valence-corrected chi connectivity index (χ2v) is 11.3. The van der Waals surface area contributed by atoms with Crippen molar-refractivity contribution in [2.75, 3.05) is 0 Å². The smallest absolute Gasteiger partial charge is 0.332 e. The Morgan fingerprint density at radius 3 is 1.21 bits per heavy atom. The van der Waals surface area contributed by atoms with Gasteiger partial charge in [-0.1, -0.05) is 154 Å². The number of unbranched alkanes of at least 4 members (excludes halogenated alkanes) is 22. The first-order valence-electron chi connectivity index (χ1n) is 16.7. The number of aliphatic hydroxyl groups excluding tert-OH is 1. The summed E-state index contributed by atoms with van der Waals surface area (Å²) < 4.78 is 0. The average molecular weight is 555 g/mol. The Balaban J connectivity index is 0. The highest BCUT2D eigenvalue weighted by molar-refractivity contribution is 5.71. The van der Waals surface area contributed by atoms with Gasteiger partial charge in [0.05, 0.1) is 0 Å². The van der Waals surface area contributed by atoms with E-state index in [2.05, 4.69) is 26.0 Å². The third-order valence-electron chi connectivity index (χ3n) is 7.27. The molecule has 0 rings (SSSR count). The highest BCUT2D eigenvalue weighted by Crippen LogP contribution is 2.13. The van der Waals surface area contributed by atoms with Crippen LogP contribution in [0.2, 0.25) is 0 Å². The molecule has 232 valence electrons. The quantitative estimate of drug-likeness (QED) is 0.0631. The Hall–Kier alpha value is -1.36. The van der Waals surface area contributed by atoms with Crippen molar-refractivity contribution in [2.45, 2.75) is 193 Å². The molecule has 0 aromatic carbocycles. The van der Waals surface area contributed by atoms with E-state index in [0.717, 1.165) is 25.7 Å². The molecule has 39 heavy (non-hydrogen) atoms. The molecule has 5 heteroatoms. The maximum absolute atomic E-state index is 10.4. The molecule has 0 heterocycles. The molecule has 0 aliphatic carbocycles. The molecule has 1 unspecified atom stereocenters. The fourth-order valence-electron chi connectivity index (χ4n) is 4.65. The van der Waals surface area contributed by atoms with E-state index in [1.54, 1.807) is 0 Å². The summed E-state index contributed by atoms with van der Waals surface area (Å²) in [5, 5.41) is 26.1. The van der Waals surface area contributed by atoms with Crippen molar-refractivity contribution in [3.63, 3.8) is 0 Å². The van der Waals surface area contributed by atoms with Crippen LogP contribution < -0.4 is 0 Å². The third kappa shape index (κ3) is 38.9. The lowest BCUT2D eigenvalue weighted by Crippen LogP contribution is -2.18. The van der Waals surface area contributed by atoms with E-state index < -0.39 is 18.0 Å². The Bertz CT molecular complexity index is 532. The molecule has 3 N–H and O–H groups in total. The van der Waals surface area contributed by atoms with Crippen LogP contribution in [0.3, 0.4) is 0 Å². The first-order valence-corrected chi connectivity index (χ1v) is 16.7. The van der Waals surface area contributed by atoms with E-state index in [1.807, 2.05) is 0 Å². The van der Waals surface area contributed by atoms with Gasteiger partial charge in [-0.25, -0.2) is 4.79 Å². The van der Waals surface area contributed by atoms with Crippen LogP contribution in [0, 0.1) is 0 Å². The SMILES string of the molecule is CCCCCCCCC=CCCCCCCCC(=O)O.CCCCCCCCCCCCCCC(O)C(=O)O. The number of rotatable bonds is 29. The van der Waals surface area contributed by atoms with E-state index in [-0.39, 0.29) is 0 Å². The first-order chi connectivity index (χ1) is 19.0. The van der Waals surface area contributed by atoms with Crippen LogP contribution in [0.15, 0.2) is 12.2 Å². The molecule has 0 aromatic heterocycles. The Labute approximate surface area is 242 Å². The van der Waals surface area contributed by atoms with Crippen LogP contribution in [0.25, 0.3) is 0 Å². The van der Waals surface area contributed by atoms with Crippen molar-refractivity contribution < 1.29 is 24.9 Å². The number of allylic oxidation sites excluding steroid dienone is 2. The van der Waals surface area contributed by atoms with Crippen molar-refractivity contribution in [1.29, 1.82) is 0 Å². The molecule has 1 atom stereocenters. The molecule has 0 fully saturated rings. The Morgan fingerprint density at radius 2 is 0.846 bits per heavy atom. The standard InChI is InChI=1S/C18H34O2.C16H32O3/c1-2-3-4-5-6-7-8-9-10-11-12-13-14-15-16-17-18(19)20;1-2-3-4-5-6-7-8-9-10-11-12-13-14-15(17)16(18)19/h9-10H,2-8,11-17H2,1H3,(H,19,20);15,17H,2-14H2,1H3,(H,18,19). The monoisotopic (exact) mass is 554 g/mol. The van der Waals surface area contributed by atoms with Gasteiger partial charge in [-0.05, 0) is 38.5 Å². The number of carboxylic acid groups (broad SMARTS) is 2. The lowest BCUT2D eigenvalue weighted by molar-refractivity contribution is -0.147. The third-order valence-corrected chi connectivity index (χ3v) is 7.27. The number of carboxylic acids is 2. The average Bonchev–Trinajstić information content (AvgIpc) is 2.91. The van der Waals surface area contributed by atoms with Crippen LogP contribution in [0.5, 0.6) is 0 Å². The number of hydrogen-bond donors (Lipinski definition) is 3. The molecule has 5 nitrogen and oxygen atoms in total. The summed E-state index contributed by atoms with van der Waals surface area (Å²) in [7, 11) is 0. The topological polar surface area (TPSA) is 94.8 Å². The molecule has 0 aromatic rings. The molecule has 0 aliphatic heterocycles. The normalized spacial score (nSPS) is 11.9. The van der Waals surface area contributed by atoms with Crippen molar-refractivity contribution in [2.24, 2.45) is 0 Å². The van der Waals surface area contributed by atoms with E-state index in [4.69, 9.17) is 15.3 Å². The maximum Gasteiger partial charge on any atom is 0.332 e. The van der Waals surface area contributed by atoms with Gasteiger partial charge in [-0.3, -0.25) is 4.79 Å². The minimum absolute atomic E-state index is 0.332. The number of hydrogen-bond acceptors (Lipinski definition) is 3. The zero-order valence-electron chi connectivity index (χ0n) is 26.0. The fourth-order valence-corrected chi connectivity index (χ4v) is 4.65. The summed E-state index contributed by atoms with van der Waals surface area (Å²) in [5.41, 5.74) is 0. The van der Waals surface area contributed by atoms with Crippen molar-refractivity contribution in [1.82, 2.24) is 0 Å². The molecule has 0 saturated carbocycles. The van der Waals surface area contributed by atoms with Gasteiger partial charge in [-0.15, -0.1) is 0 Å². The van der Waals surface area contributed by atoms with Crippen molar-refractivity contribution >= 4 is 11.9 Å². The van der Waals surface area contributed by atoms with E-state index >= 15 is 0 Å². The molecule has 0 saturated heterocycles. The van der Waals surface area contributed by atoms with Gasteiger partial charge >= 0.3 is 11.9 Å². The van der Waals surface area contributed by atoms with Gasteiger partial charge in [0.25, 0.3) is 0 Å². The predicted molar refractivity (Wildman–Crippen MR) is 166 cm³/mol. The van der Waals surface area contributed by atoms with Crippen molar-refractivity contribution in [3.8, 4) is 0 Å². The second-order valence-electron chi connectivity index (χ2n) is 11.3. The summed E-state index contributed by atoms with van der Waals surface area (Å²) in [6, 6.07) is 0. The Morgan fingerprint density at radius 1 is 0.513 bits per heavy atom. The van der Waals surface area contributed by atoms with Gasteiger partial charge in [0, 0.05) is 6.42 Å². The lowest BCUT2D eigenvalue weighted by atomic mass is 10.0. The highest BCUT2D eigenvalue weighted by Gasteiger charge is 2.11. The second kappa shape index (κ2) is 34.7. The molecular weight excluding hydrogens is 488 g/mol. The van der Waals surface area contributed by atoms with Gasteiger partial charge in [0.2, 0.25) is 0 Å². The Kier molecular flexibility index (Phi) is 35.4. The predicted octanol–water partition coefficient (Wildman–Crippen LogP) is 10.6. The molecule has 0 radical (unpaired) electrons. The van der Waals surface area contributed by atoms with Crippen LogP contribution in [-0.2, 0) is 9.59 Å². The van der Waals surface area contributed by atoms with Crippen LogP contribution in [0.4, 0.5) is 0 Å². The van der Waals surface area contributed by atoms with E-state index in [0.29, 0.717) is 12.8 Å². The maximum atomic E-state index is 10.4. The van der Waals surface area contributed by atoms with Crippen LogP contribution >= 0.6 is 0 Å². The summed E-state index contributed by atoms with van der Waals surface area (Å²) in [5.74, 6) is -1.76. The van der Waals surface area contributed by atoms with Crippen molar-refractivity contribution in [3.05, 3.63) is 12.2 Å². The fraction of sp³-hybridized carbons (Fsp3) is 0.882. The molecule has 0 bridgehead atoms. The zero-order valence-corrected chi connectivity index (χ0v) is 26.0. The van der Waals surface area contributed by atoms with Gasteiger partial charge < -0.3 is 15.3 Å². The number of aliphatic hydroxyl groups is 1.